The van der Waals surface area contributed by atoms with E-state index in [9.17, 15) is 9.90 Å². The lowest BCUT2D eigenvalue weighted by atomic mass is 9.95. The molecule has 1 heterocycles. The number of aromatic hydroxyl groups is 1. The van der Waals surface area contributed by atoms with Crippen molar-refractivity contribution in [2.45, 2.75) is 6.54 Å². The second-order valence-corrected chi connectivity index (χ2v) is 8.91. The number of nitrogens with zero attached hydrogens (tertiary/aromatic N) is 1. The van der Waals surface area contributed by atoms with Gasteiger partial charge in [0.05, 0.1) is 30.3 Å². The molecule has 0 aliphatic rings. The Kier molecular flexibility index (Phi) is 6.61. The Hall–Kier alpha value is -4.28. The summed E-state index contributed by atoms with van der Waals surface area (Å²) in [4.78, 5) is 12.0. The van der Waals surface area contributed by atoms with Crippen molar-refractivity contribution in [2.24, 2.45) is 0 Å². The van der Waals surface area contributed by atoms with Crippen molar-refractivity contribution in [1.29, 1.82) is 0 Å². The lowest BCUT2D eigenvalue weighted by molar-refractivity contribution is 0.0600. The zero-order valence-corrected chi connectivity index (χ0v) is 20.4. The summed E-state index contributed by atoms with van der Waals surface area (Å²) in [5, 5.41) is 13.3. The van der Waals surface area contributed by atoms with Gasteiger partial charge in [-0.25, -0.2) is 4.79 Å². The molecule has 0 aliphatic heterocycles. The van der Waals surface area contributed by atoms with Gasteiger partial charge in [-0.2, -0.15) is 0 Å². The molecule has 5 rings (SSSR count). The first-order valence-electron chi connectivity index (χ1n) is 11.6. The summed E-state index contributed by atoms with van der Waals surface area (Å²) < 4.78 is 6.75. The fourth-order valence-electron chi connectivity index (χ4n) is 4.46. The molecule has 1 N–H and O–H groups in total. The van der Waals surface area contributed by atoms with E-state index in [0.717, 1.165) is 38.7 Å². The van der Waals surface area contributed by atoms with Gasteiger partial charge < -0.3 is 14.4 Å². The molecule has 4 nitrogen and oxygen atoms in total. The number of hydrogen-bond donors (Lipinski definition) is 1. The van der Waals surface area contributed by atoms with Crippen molar-refractivity contribution in [2.75, 3.05) is 7.11 Å². The zero-order valence-electron chi connectivity index (χ0n) is 19.7. The number of ether oxygens (including phenoxy) is 1. The van der Waals surface area contributed by atoms with E-state index >= 15 is 0 Å². The molecule has 5 heteroatoms. The summed E-state index contributed by atoms with van der Waals surface area (Å²) >= 11 is 6.11. The normalized spacial score (nSPS) is 11.6. The van der Waals surface area contributed by atoms with E-state index in [2.05, 4.69) is 6.08 Å². The van der Waals surface area contributed by atoms with Crippen LogP contribution < -0.4 is 0 Å². The topological polar surface area (TPSA) is 51.5 Å². The molecule has 36 heavy (non-hydrogen) atoms. The molecule has 0 saturated heterocycles. The Morgan fingerprint density at radius 2 is 1.58 bits per heavy atom. The maximum atomic E-state index is 12.0. The predicted molar refractivity (Wildman–Crippen MR) is 145 cm³/mol. The number of aromatic nitrogens is 1. The highest BCUT2D eigenvalue weighted by molar-refractivity contribution is 6.30. The quantitative estimate of drug-likeness (QED) is 0.198. The van der Waals surface area contributed by atoms with E-state index in [1.165, 1.54) is 7.11 Å². The molecule has 0 unspecified atom stereocenters. The third-order valence-corrected chi connectivity index (χ3v) is 6.42. The molecule has 178 valence electrons. The first-order chi connectivity index (χ1) is 17.5. The molecule has 4 aromatic carbocycles. The summed E-state index contributed by atoms with van der Waals surface area (Å²) in [6.07, 6.45) is 2.06. The van der Waals surface area contributed by atoms with E-state index in [1.807, 2.05) is 95.6 Å². The smallest absolute Gasteiger partial charge is 0.337 e. The number of halogens is 1. The third kappa shape index (κ3) is 4.64. The molecule has 0 radical (unpaired) electrons. The number of carbonyl (C=O) groups excluding carboxylic acids is 1. The van der Waals surface area contributed by atoms with E-state index in [-0.39, 0.29) is 5.88 Å². The summed E-state index contributed by atoms with van der Waals surface area (Å²) in [7, 11) is 1.37. The molecular formula is C31H24ClNO3. The van der Waals surface area contributed by atoms with Crippen LogP contribution >= 0.6 is 11.6 Å². The predicted octanol–water partition coefficient (Wildman–Crippen LogP) is 7.42. The third-order valence-electron chi connectivity index (χ3n) is 6.17. The monoisotopic (exact) mass is 493 g/mol. The number of fused-ring (bicyclic) bond motifs is 1. The van der Waals surface area contributed by atoms with Gasteiger partial charge in [-0.3, -0.25) is 0 Å². The van der Waals surface area contributed by atoms with Crippen molar-refractivity contribution in [3.8, 4) is 5.88 Å². The van der Waals surface area contributed by atoms with Crippen LogP contribution in [0.15, 0.2) is 103 Å². The minimum absolute atomic E-state index is 0.156. The molecule has 0 amide bonds. The lowest BCUT2D eigenvalue weighted by Gasteiger charge is -2.11. The number of rotatable bonds is 6. The standard InChI is InChI=1S/C31H24ClNO3/c1-36-31(35)24-11-7-8-22(18-24)20-33-28-13-6-5-12-26(28)29(30(33)34)27(23-9-3-2-4-10-23)19-21-14-16-25(32)17-15-21/h2-19,34H,20H2,1H3. The minimum Gasteiger partial charge on any atom is -0.494 e. The largest absolute Gasteiger partial charge is 0.494 e. The Bertz CT molecular complexity index is 1570. The highest BCUT2D eigenvalue weighted by Crippen LogP contribution is 2.40. The molecule has 0 bridgehead atoms. The van der Waals surface area contributed by atoms with Gasteiger partial charge in [0, 0.05) is 10.4 Å². The van der Waals surface area contributed by atoms with Crippen LogP contribution in [0.2, 0.25) is 5.02 Å². The molecule has 0 aliphatic carbocycles. The molecule has 0 saturated carbocycles. The Morgan fingerprint density at radius 1 is 0.889 bits per heavy atom. The fraction of sp³-hybridized carbons (Fsp3) is 0.0645. The lowest BCUT2D eigenvalue weighted by Crippen LogP contribution is -2.04. The van der Waals surface area contributed by atoms with E-state index < -0.39 is 5.97 Å². The van der Waals surface area contributed by atoms with Crippen LogP contribution in [0.1, 0.15) is 32.6 Å². The van der Waals surface area contributed by atoms with Gasteiger partial charge in [0.25, 0.3) is 0 Å². The summed E-state index contributed by atoms with van der Waals surface area (Å²) in [6.45, 7) is 0.389. The van der Waals surface area contributed by atoms with Gasteiger partial charge in [-0.1, -0.05) is 84.4 Å². The Morgan fingerprint density at radius 3 is 2.33 bits per heavy atom. The van der Waals surface area contributed by atoms with Crippen LogP contribution in [-0.4, -0.2) is 22.8 Å². The Labute approximate surface area is 214 Å². The number of carbonyl (C=O) groups is 1. The number of para-hydroxylation sites is 1. The van der Waals surface area contributed by atoms with Crippen LogP contribution in [0, 0.1) is 0 Å². The second-order valence-electron chi connectivity index (χ2n) is 8.47. The summed E-state index contributed by atoms with van der Waals surface area (Å²) in [6, 6.07) is 32.8. The SMILES string of the molecule is COC(=O)c1cccc(Cn2c(O)c(C(=Cc3ccc(Cl)cc3)c3ccccc3)c3ccccc32)c1. The van der Waals surface area contributed by atoms with Gasteiger partial charge in [0.1, 0.15) is 0 Å². The van der Waals surface area contributed by atoms with Crippen LogP contribution in [0.3, 0.4) is 0 Å². The maximum Gasteiger partial charge on any atom is 0.337 e. The van der Waals surface area contributed by atoms with Gasteiger partial charge in [0.2, 0.25) is 5.88 Å². The highest BCUT2D eigenvalue weighted by atomic mass is 35.5. The average molecular weight is 494 g/mol. The van der Waals surface area contributed by atoms with Crippen molar-refractivity contribution < 1.29 is 14.6 Å². The number of esters is 1. The van der Waals surface area contributed by atoms with Crippen LogP contribution in [0.5, 0.6) is 5.88 Å². The van der Waals surface area contributed by atoms with Crippen molar-refractivity contribution in [1.82, 2.24) is 4.57 Å². The van der Waals surface area contributed by atoms with Crippen LogP contribution in [0.25, 0.3) is 22.6 Å². The van der Waals surface area contributed by atoms with Crippen LogP contribution in [-0.2, 0) is 11.3 Å². The molecule has 0 fully saturated rings. The van der Waals surface area contributed by atoms with Gasteiger partial charge in [-0.05, 0) is 58.7 Å². The number of hydrogen-bond acceptors (Lipinski definition) is 3. The first kappa shape index (κ1) is 23.5. The fourth-order valence-corrected chi connectivity index (χ4v) is 4.58. The number of benzene rings is 4. The highest BCUT2D eigenvalue weighted by Gasteiger charge is 2.21. The van der Waals surface area contributed by atoms with E-state index in [1.54, 1.807) is 12.1 Å². The summed E-state index contributed by atoms with van der Waals surface area (Å²) in [5.74, 6) is -0.236. The molecule has 0 atom stereocenters. The molecule has 1 aromatic heterocycles. The molecule has 0 spiro atoms. The van der Waals surface area contributed by atoms with Gasteiger partial charge in [0.15, 0.2) is 0 Å². The Balaban J connectivity index is 1.69. The average Bonchev–Trinajstić information content (AvgIpc) is 3.19. The van der Waals surface area contributed by atoms with Crippen molar-refractivity contribution >= 4 is 40.1 Å². The van der Waals surface area contributed by atoms with Gasteiger partial charge >= 0.3 is 5.97 Å². The van der Waals surface area contributed by atoms with E-state index in [4.69, 9.17) is 16.3 Å². The molecular weight excluding hydrogens is 470 g/mol. The number of methoxy groups -OCH3 is 1. The zero-order chi connectivity index (χ0) is 25.1. The van der Waals surface area contributed by atoms with Crippen molar-refractivity contribution in [3.63, 3.8) is 0 Å². The first-order valence-corrected chi connectivity index (χ1v) is 11.9. The van der Waals surface area contributed by atoms with E-state index in [0.29, 0.717) is 17.1 Å². The molecule has 5 aromatic rings. The minimum atomic E-state index is -0.392. The van der Waals surface area contributed by atoms with Gasteiger partial charge in [-0.15, -0.1) is 0 Å². The second kappa shape index (κ2) is 10.1. The van der Waals surface area contributed by atoms with Crippen molar-refractivity contribution in [3.05, 3.63) is 136 Å². The van der Waals surface area contributed by atoms with Crippen LogP contribution in [0.4, 0.5) is 0 Å². The summed E-state index contributed by atoms with van der Waals surface area (Å²) in [5.41, 5.74) is 5.84. The maximum absolute atomic E-state index is 12.0.